The van der Waals surface area contributed by atoms with Crippen molar-refractivity contribution in [3.05, 3.63) is 29.8 Å². The van der Waals surface area contributed by atoms with E-state index in [2.05, 4.69) is 4.98 Å². The molecule has 0 spiro atoms. The Morgan fingerprint density at radius 3 is 2.88 bits per heavy atom. The molecule has 1 aliphatic heterocycles. The monoisotopic (exact) mass is 245 g/mol. The van der Waals surface area contributed by atoms with E-state index < -0.39 is 27.7 Å². The molecule has 2 rings (SSSR count). The van der Waals surface area contributed by atoms with Crippen molar-refractivity contribution >= 4 is 9.84 Å². The molecule has 0 aromatic carbocycles. The number of sulfone groups is 1. The zero-order valence-corrected chi connectivity index (χ0v) is 9.32. The Morgan fingerprint density at radius 1 is 1.56 bits per heavy atom. The van der Waals surface area contributed by atoms with Crippen LogP contribution in [0.25, 0.3) is 0 Å². The number of hydrogen-bond donors (Lipinski definition) is 1. The first kappa shape index (κ1) is 11.5. The van der Waals surface area contributed by atoms with Crippen molar-refractivity contribution in [1.82, 2.24) is 4.98 Å². The topological polar surface area (TPSA) is 67.3 Å². The van der Waals surface area contributed by atoms with Crippen LogP contribution in [-0.2, 0) is 9.84 Å². The quantitative estimate of drug-likeness (QED) is 0.832. The van der Waals surface area contributed by atoms with E-state index in [9.17, 15) is 17.9 Å². The van der Waals surface area contributed by atoms with Gasteiger partial charge in [-0.15, -0.1) is 0 Å². The van der Waals surface area contributed by atoms with Crippen molar-refractivity contribution in [2.24, 2.45) is 5.92 Å². The first-order valence-corrected chi connectivity index (χ1v) is 6.79. The van der Waals surface area contributed by atoms with Gasteiger partial charge < -0.3 is 5.11 Å². The van der Waals surface area contributed by atoms with Crippen molar-refractivity contribution in [1.29, 1.82) is 0 Å². The lowest BCUT2D eigenvalue weighted by Gasteiger charge is -2.17. The van der Waals surface area contributed by atoms with E-state index in [1.807, 2.05) is 0 Å². The predicted octanol–water partition coefficient (Wildman–Crippen LogP) is 0.689. The molecule has 1 aromatic rings. The normalized spacial score (nSPS) is 25.5. The van der Waals surface area contributed by atoms with Gasteiger partial charge in [-0.1, -0.05) is 0 Å². The van der Waals surface area contributed by atoms with E-state index in [1.54, 1.807) is 0 Å². The van der Waals surface area contributed by atoms with Crippen LogP contribution in [0, 0.1) is 11.7 Å². The Balaban J connectivity index is 2.21. The molecule has 2 unspecified atom stereocenters. The third-order valence-electron chi connectivity index (χ3n) is 2.84. The molecule has 0 radical (unpaired) electrons. The molecule has 1 N–H and O–H groups in total. The summed E-state index contributed by atoms with van der Waals surface area (Å²) >= 11 is 0. The molecule has 1 fully saturated rings. The Morgan fingerprint density at radius 2 is 2.31 bits per heavy atom. The lowest BCUT2D eigenvalue weighted by molar-refractivity contribution is 0.117. The van der Waals surface area contributed by atoms with E-state index in [4.69, 9.17) is 0 Å². The van der Waals surface area contributed by atoms with Crippen LogP contribution in [0.2, 0.25) is 0 Å². The Hall–Kier alpha value is -1.01. The summed E-state index contributed by atoms with van der Waals surface area (Å²) in [4.78, 5) is 3.58. The molecule has 1 saturated heterocycles. The number of aromatic nitrogens is 1. The Kier molecular flexibility index (Phi) is 2.94. The molecule has 1 aliphatic rings. The standard InChI is InChI=1S/C10H12FNO3S/c11-9-5-12-3-1-8(9)10(13)7-2-4-16(14,15)6-7/h1,3,5,7,10,13H,2,4,6H2. The number of nitrogens with zero attached hydrogens (tertiary/aromatic N) is 1. The summed E-state index contributed by atoms with van der Waals surface area (Å²) in [5.41, 5.74) is 0.122. The number of hydrogen-bond acceptors (Lipinski definition) is 4. The van der Waals surface area contributed by atoms with Gasteiger partial charge in [-0.25, -0.2) is 12.8 Å². The minimum Gasteiger partial charge on any atom is -0.388 e. The first-order chi connectivity index (χ1) is 7.49. The molecule has 0 aliphatic carbocycles. The van der Waals surface area contributed by atoms with Crippen LogP contribution in [0.1, 0.15) is 18.1 Å². The summed E-state index contributed by atoms with van der Waals surface area (Å²) in [6.45, 7) is 0. The molecule has 0 bridgehead atoms. The summed E-state index contributed by atoms with van der Waals surface area (Å²) in [6, 6.07) is 1.38. The van der Waals surface area contributed by atoms with Gasteiger partial charge in [-0.2, -0.15) is 0 Å². The van der Waals surface area contributed by atoms with Crippen molar-refractivity contribution in [2.75, 3.05) is 11.5 Å². The third kappa shape index (κ3) is 2.22. The van der Waals surface area contributed by atoms with Gasteiger partial charge in [-0.3, -0.25) is 4.98 Å². The molecular weight excluding hydrogens is 233 g/mol. The van der Waals surface area contributed by atoms with E-state index >= 15 is 0 Å². The van der Waals surface area contributed by atoms with Crippen LogP contribution < -0.4 is 0 Å². The third-order valence-corrected chi connectivity index (χ3v) is 4.63. The zero-order valence-electron chi connectivity index (χ0n) is 8.51. The molecule has 1 aromatic heterocycles. The Labute approximate surface area is 93.1 Å². The van der Waals surface area contributed by atoms with E-state index in [-0.39, 0.29) is 17.1 Å². The average Bonchev–Trinajstić information content (AvgIpc) is 2.59. The van der Waals surface area contributed by atoms with Gasteiger partial charge in [0, 0.05) is 17.7 Å². The Bertz CT molecular complexity index is 489. The maximum atomic E-state index is 13.3. The van der Waals surface area contributed by atoms with Crippen molar-refractivity contribution in [3.8, 4) is 0 Å². The number of halogens is 1. The van der Waals surface area contributed by atoms with Crippen LogP contribution in [0.5, 0.6) is 0 Å². The molecule has 16 heavy (non-hydrogen) atoms. The number of aliphatic hydroxyl groups excluding tert-OH is 1. The molecule has 2 heterocycles. The minimum atomic E-state index is -3.06. The highest BCUT2D eigenvalue weighted by atomic mass is 32.2. The molecule has 6 heteroatoms. The zero-order chi connectivity index (χ0) is 11.8. The molecular formula is C10H12FNO3S. The van der Waals surface area contributed by atoms with Gasteiger partial charge in [0.2, 0.25) is 0 Å². The van der Waals surface area contributed by atoms with Crippen molar-refractivity contribution in [3.63, 3.8) is 0 Å². The van der Waals surface area contributed by atoms with Crippen LogP contribution in [0.15, 0.2) is 18.5 Å². The van der Waals surface area contributed by atoms with Gasteiger partial charge in [-0.05, 0) is 12.5 Å². The SMILES string of the molecule is O=S1(=O)CCC(C(O)c2ccncc2F)C1. The fraction of sp³-hybridized carbons (Fsp3) is 0.500. The lowest BCUT2D eigenvalue weighted by atomic mass is 9.96. The van der Waals surface area contributed by atoms with Gasteiger partial charge in [0.25, 0.3) is 0 Å². The summed E-state index contributed by atoms with van der Waals surface area (Å²) < 4.78 is 35.8. The number of aliphatic hydroxyl groups is 1. The molecule has 4 nitrogen and oxygen atoms in total. The maximum Gasteiger partial charge on any atom is 0.150 e. The second-order valence-corrected chi connectivity index (χ2v) is 6.23. The minimum absolute atomic E-state index is 0.0709. The van der Waals surface area contributed by atoms with Gasteiger partial charge in [0.1, 0.15) is 5.82 Å². The van der Waals surface area contributed by atoms with Gasteiger partial charge in [0.05, 0.1) is 23.8 Å². The van der Waals surface area contributed by atoms with E-state index in [0.717, 1.165) is 6.20 Å². The van der Waals surface area contributed by atoms with Crippen LogP contribution >= 0.6 is 0 Å². The van der Waals surface area contributed by atoms with Gasteiger partial charge in [0.15, 0.2) is 9.84 Å². The largest absolute Gasteiger partial charge is 0.388 e. The average molecular weight is 245 g/mol. The van der Waals surface area contributed by atoms with Crippen LogP contribution in [-0.4, -0.2) is 30.0 Å². The predicted molar refractivity (Wildman–Crippen MR) is 55.9 cm³/mol. The summed E-state index contributed by atoms with van der Waals surface area (Å²) in [7, 11) is -3.06. The van der Waals surface area contributed by atoms with E-state index in [0.29, 0.717) is 6.42 Å². The second kappa shape index (κ2) is 4.10. The van der Waals surface area contributed by atoms with Crippen LogP contribution in [0.3, 0.4) is 0 Å². The van der Waals surface area contributed by atoms with Crippen LogP contribution in [0.4, 0.5) is 4.39 Å². The van der Waals surface area contributed by atoms with E-state index in [1.165, 1.54) is 12.3 Å². The fourth-order valence-corrected chi connectivity index (χ4v) is 3.78. The second-order valence-electron chi connectivity index (χ2n) is 4.01. The summed E-state index contributed by atoms with van der Waals surface area (Å²) in [5, 5.41) is 9.90. The highest BCUT2D eigenvalue weighted by molar-refractivity contribution is 7.91. The highest BCUT2D eigenvalue weighted by Crippen LogP contribution is 2.31. The first-order valence-electron chi connectivity index (χ1n) is 4.97. The highest BCUT2D eigenvalue weighted by Gasteiger charge is 2.34. The molecule has 0 saturated carbocycles. The maximum absolute atomic E-state index is 13.3. The van der Waals surface area contributed by atoms with Crippen molar-refractivity contribution < 1.29 is 17.9 Å². The fourth-order valence-electron chi connectivity index (χ4n) is 1.95. The van der Waals surface area contributed by atoms with Crippen molar-refractivity contribution in [2.45, 2.75) is 12.5 Å². The summed E-state index contributed by atoms with van der Waals surface area (Å²) in [6.07, 6.45) is 1.71. The molecule has 0 amide bonds. The summed E-state index contributed by atoms with van der Waals surface area (Å²) in [5.74, 6) is -1.02. The molecule has 2 atom stereocenters. The number of rotatable bonds is 2. The van der Waals surface area contributed by atoms with Gasteiger partial charge >= 0.3 is 0 Å². The lowest BCUT2D eigenvalue weighted by Crippen LogP contribution is -2.15. The smallest absolute Gasteiger partial charge is 0.150 e. The molecule has 88 valence electrons. The number of pyridine rings is 1.